The molecule has 1 aromatic heterocycles. The van der Waals surface area contributed by atoms with Gasteiger partial charge in [-0.25, -0.2) is 8.42 Å². The summed E-state index contributed by atoms with van der Waals surface area (Å²) in [5.41, 5.74) is 1.16. The highest BCUT2D eigenvalue weighted by Gasteiger charge is 2.47. The Kier molecular flexibility index (Phi) is 5.68. The highest BCUT2D eigenvalue weighted by molar-refractivity contribution is 7.89. The number of rotatable bonds is 1. The number of fused-ring (bicyclic) bond motifs is 2. The maximum Gasteiger partial charge on any atom is 0.247 e. The molecule has 0 aliphatic carbocycles. The SMILES string of the molecule is Cn1cc(-c2ccc3c(c2)OCCC2(CCNCC2)NC(=O)[C@@H]2C[C@@H](O)CN2S3(=O)=O)cn1. The second-order valence-electron chi connectivity index (χ2n) is 9.16. The van der Waals surface area contributed by atoms with Crippen LogP contribution in [0.4, 0.5) is 0 Å². The third kappa shape index (κ3) is 4.14. The van der Waals surface area contributed by atoms with E-state index in [2.05, 4.69) is 15.7 Å². The van der Waals surface area contributed by atoms with Crippen molar-refractivity contribution in [2.75, 3.05) is 26.2 Å². The van der Waals surface area contributed by atoms with Crippen LogP contribution in [-0.2, 0) is 21.9 Å². The average Bonchev–Trinajstić information content (AvgIpc) is 3.40. The Balaban J connectivity index is 1.59. The van der Waals surface area contributed by atoms with Crippen molar-refractivity contribution in [2.24, 2.45) is 7.05 Å². The zero-order chi connectivity index (χ0) is 23.2. The third-order valence-electron chi connectivity index (χ3n) is 6.89. The van der Waals surface area contributed by atoms with Gasteiger partial charge in [0, 0.05) is 43.7 Å². The normalized spacial score (nSPS) is 27.2. The van der Waals surface area contributed by atoms with Crippen LogP contribution in [0, 0.1) is 0 Å². The molecule has 3 aliphatic heterocycles. The molecule has 0 bridgehead atoms. The van der Waals surface area contributed by atoms with Crippen LogP contribution in [0.3, 0.4) is 0 Å². The lowest BCUT2D eigenvalue weighted by atomic mass is 9.85. The van der Waals surface area contributed by atoms with E-state index in [1.807, 2.05) is 13.2 Å². The van der Waals surface area contributed by atoms with Gasteiger partial charge in [-0.1, -0.05) is 6.07 Å². The van der Waals surface area contributed by atoms with E-state index in [9.17, 15) is 18.3 Å². The summed E-state index contributed by atoms with van der Waals surface area (Å²) in [4.78, 5) is 13.3. The van der Waals surface area contributed by atoms with Crippen LogP contribution in [-0.4, -0.2) is 77.4 Å². The number of carbonyl (C=O) groups excluding carboxylic acids is 1. The predicted molar refractivity (Wildman–Crippen MR) is 120 cm³/mol. The molecule has 33 heavy (non-hydrogen) atoms. The number of nitrogens with one attached hydrogen (secondary N) is 2. The van der Waals surface area contributed by atoms with Gasteiger partial charge in [-0.05, 0) is 43.6 Å². The fourth-order valence-electron chi connectivity index (χ4n) is 5.04. The minimum atomic E-state index is -4.08. The number of sulfonamides is 1. The molecular weight excluding hydrogens is 446 g/mol. The summed E-state index contributed by atoms with van der Waals surface area (Å²) in [6.45, 7) is 1.67. The molecule has 1 amide bonds. The molecule has 5 rings (SSSR count). The Hall–Kier alpha value is -2.47. The molecule has 0 saturated carbocycles. The summed E-state index contributed by atoms with van der Waals surface area (Å²) in [6.07, 6.45) is 4.75. The van der Waals surface area contributed by atoms with Crippen LogP contribution in [0.15, 0.2) is 35.5 Å². The van der Waals surface area contributed by atoms with Crippen LogP contribution in [0.2, 0.25) is 0 Å². The largest absolute Gasteiger partial charge is 0.492 e. The number of aromatic nitrogens is 2. The maximum atomic E-state index is 13.7. The fourth-order valence-corrected chi connectivity index (χ4v) is 6.79. The van der Waals surface area contributed by atoms with Gasteiger partial charge in [-0.2, -0.15) is 9.40 Å². The number of nitrogens with zero attached hydrogens (tertiary/aromatic N) is 3. The van der Waals surface area contributed by atoms with Gasteiger partial charge in [0.25, 0.3) is 0 Å². The quantitative estimate of drug-likeness (QED) is 0.539. The van der Waals surface area contributed by atoms with Gasteiger partial charge >= 0.3 is 0 Å². The van der Waals surface area contributed by atoms with Crippen molar-refractivity contribution in [3.63, 3.8) is 0 Å². The second-order valence-corrected chi connectivity index (χ2v) is 11.0. The lowest BCUT2D eigenvalue weighted by molar-refractivity contribution is -0.126. The van der Waals surface area contributed by atoms with Crippen LogP contribution in [0.5, 0.6) is 5.75 Å². The Bertz CT molecular complexity index is 1160. The molecule has 4 heterocycles. The predicted octanol–water partition coefficient (Wildman–Crippen LogP) is 0.232. The van der Waals surface area contributed by atoms with E-state index < -0.39 is 27.7 Å². The Morgan fingerprint density at radius 3 is 2.73 bits per heavy atom. The fraction of sp³-hybridized carbons (Fsp3) is 0.545. The zero-order valence-electron chi connectivity index (χ0n) is 18.5. The number of hydrogen-bond donors (Lipinski definition) is 3. The van der Waals surface area contributed by atoms with Gasteiger partial charge in [-0.15, -0.1) is 0 Å². The summed E-state index contributed by atoms with van der Waals surface area (Å²) in [7, 11) is -2.27. The van der Waals surface area contributed by atoms with Crippen LogP contribution in [0.1, 0.15) is 25.7 Å². The molecule has 1 spiro atoms. The molecule has 0 unspecified atom stereocenters. The summed E-state index contributed by atoms with van der Waals surface area (Å²) in [5, 5.41) is 20.9. The van der Waals surface area contributed by atoms with E-state index in [0.29, 0.717) is 6.42 Å². The van der Waals surface area contributed by atoms with E-state index in [1.165, 1.54) is 6.07 Å². The molecule has 2 aromatic rings. The molecule has 0 radical (unpaired) electrons. The number of aliphatic hydroxyl groups is 1. The van der Waals surface area contributed by atoms with Crippen LogP contribution in [0.25, 0.3) is 11.1 Å². The van der Waals surface area contributed by atoms with Gasteiger partial charge in [0.05, 0.1) is 18.9 Å². The van der Waals surface area contributed by atoms with Crippen LogP contribution >= 0.6 is 0 Å². The molecule has 1 aromatic carbocycles. The van der Waals surface area contributed by atoms with Gasteiger partial charge in [0.15, 0.2) is 0 Å². The van der Waals surface area contributed by atoms with Gasteiger partial charge in [-0.3, -0.25) is 9.48 Å². The van der Waals surface area contributed by atoms with Crippen molar-refractivity contribution in [2.45, 2.75) is 48.3 Å². The van der Waals surface area contributed by atoms with E-state index in [0.717, 1.165) is 41.4 Å². The highest BCUT2D eigenvalue weighted by atomic mass is 32.2. The minimum absolute atomic E-state index is 0.00306. The third-order valence-corrected chi connectivity index (χ3v) is 8.81. The molecule has 3 N–H and O–H groups in total. The van der Waals surface area contributed by atoms with Gasteiger partial charge in [0.1, 0.15) is 16.7 Å². The zero-order valence-corrected chi connectivity index (χ0v) is 19.3. The topological polar surface area (TPSA) is 126 Å². The maximum absolute atomic E-state index is 13.7. The summed E-state index contributed by atoms with van der Waals surface area (Å²) in [5.74, 6) is -0.109. The summed E-state index contributed by atoms with van der Waals surface area (Å²) < 4.78 is 36.2. The molecule has 2 atom stereocenters. The number of carbonyl (C=O) groups is 1. The van der Waals surface area contributed by atoms with Crippen molar-refractivity contribution < 1.29 is 23.1 Å². The molecule has 2 saturated heterocycles. The molecular formula is C22H29N5O5S. The first-order valence-electron chi connectivity index (χ1n) is 11.3. The lowest BCUT2D eigenvalue weighted by Gasteiger charge is -2.39. The molecule has 3 aliphatic rings. The number of hydrogen-bond acceptors (Lipinski definition) is 7. The monoisotopic (exact) mass is 475 g/mol. The number of amides is 1. The second kappa shape index (κ2) is 8.39. The van der Waals surface area contributed by atoms with Crippen molar-refractivity contribution >= 4 is 15.9 Å². The van der Waals surface area contributed by atoms with Gasteiger partial charge < -0.3 is 20.5 Å². The Labute approximate surface area is 193 Å². The first-order chi connectivity index (χ1) is 15.8. The summed E-state index contributed by atoms with van der Waals surface area (Å²) in [6, 6.07) is 3.99. The minimum Gasteiger partial charge on any atom is -0.492 e. The van der Waals surface area contributed by atoms with Gasteiger partial charge in [0.2, 0.25) is 15.9 Å². The van der Waals surface area contributed by atoms with Crippen molar-refractivity contribution in [3.8, 4) is 16.9 Å². The first-order valence-corrected chi connectivity index (χ1v) is 12.7. The molecule has 10 nitrogen and oxygen atoms in total. The van der Waals surface area contributed by atoms with Crippen molar-refractivity contribution in [3.05, 3.63) is 30.6 Å². The molecule has 178 valence electrons. The van der Waals surface area contributed by atoms with Crippen molar-refractivity contribution in [1.29, 1.82) is 0 Å². The average molecular weight is 476 g/mol. The van der Waals surface area contributed by atoms with E-state index >= 15 is 0 Å². The number of aliphatic hydroxyl groups excluding tert-OH is 1. The molecule has 2 fully saturated rings. The number of benzene rings is 1. The van der Waals surface area contributed by atoms with Crippen LogP contribution < -0.4 is 15.4 Å². The van der Waals surface area contributed by atoms with E-state index in [-0.39, 0.29) is 36.1 Å². The lowest BCUT2D eigenvalue weighted by Crippen LogP contribution is -2.58. The van der Waals surface area contributed by atoms with Crippen molar-refractivity contribution in [1.82, 2.24) is 24.7 Å². The smallest absolute Gasteiger partial charge is 0.247 e. The van der Waals surface area contributed by atoms with E-state index in [4.69, 9.17) is 4.74 Å². The highest BCUT2D eigenvalue weighted by Crippen LogP contribution is 2.36. The number of piperidine rings is 1. The Morgan fingerprint density at radius 1 is 1.21 bits per heavy atom. The standard InChI is InChI=1S/C22H29N5O5S/c1-26-13-16(12-24-26)15-2-3-20-19(10-15)32-9-6-22(4-7-23-8-5-22)25-21(29)18-11-17(28)14-27(18)33(20,30)31/h2-3,10,12-13,17-18,23,28H,4-9,11,14H2,1H3,(H,25,29)/t17-,18+/m1/s1. The Morgan fingerprint density at radius 2 is 2.00 bits per heavy atom. The number of aryl methyl sites for hydroxylation is 1. The first kappa shape index (κ1) is 22.3. The van der Waals surface area contributed by atoms with E-state index in [1.54, 1.807) is 23.0 Å². The number of ether oxygens (including phenoxy) is 1. The summed E-state index contributed by atoms with van der Waals surface area (Å²) >= 11 is 0. The molecule has 11 heteroatoms.